The largest absolute Gasteiger partial charge is 0.325 e. The maximum absolute atomic E-state index is 14.1. The summed E-state index contributed by atoms with van der Waals surface area (Å²) in [6, 6.07) is 1.61. The number of alkyl halides is 2. The summed E-state index contributed by atoms with van der Waals surface area (Å²) in [5, 5.41) is 6.74. The Bertz CT molecular complexity index is 900. The van der Waals surface area contributed by atoms with Crippen LogP contribution in [0.4, 0.5) is 8.78 Å². The number of aromatic amines is 1. The Morgan fingerprint density at radius 3 is 2.88 bits per heavy atom. The van der Waals surface area contributed by atoms with E-state index in [2.05, 4.69) is 34.0 Å². The number of aromatic nitrogens is 6. The van der Waals surface area contributed by atoms with Crippen molar-refractivity contribution < 1.29 is 8.78 Å². The fraction of sp³-hybridized carbons (Fsp3) is 0.556. The molecule has 3 heterocycles. The van der Waals surface area contributed by atoms with Crippen molar-refractivity contribution in [2.24, 2.45) is 5.92 Å². The normalized spacial score (nSPS) is 20.1. The topological polar surface area (TPSA) is 72.3 Å². The number of H-pyrrole nitrogens is 1. The van der Waals surface area contributed by atoms with Crippen molar-refractivity contribution in [1.29, 1.82) is 0 Å². The Morgan fingerprint density at radius 1 is 1.35 bits per heavy atom. The lowest BCUT2D eigenvalue weighted by molar-refractivity contribution is -0.0494. The minimum Gasteiger partial charge on any atom is -0.325 e. The zero-order valence-corrected chi connectivity index (χ0v) is 14.9. The molecule has 1 aliphatic rings. The van der Waals surface area contributed by atoms with E-state index in [-0.39, 0.29) is 18.9 Å². The molecule has 0 saturated heterocycles. The molecule has 6 nitrogen and oxygen atoms in total. The lowest BCUT2D eigenvalue weighted by Gasteiger charge is -2.31. The monoisotopic (exact) mass is 360 g/mol. The quantitative estimate of drug-likeness (QED) is 0.758. The minimum absolute atomic E-state index is 0.0281. The summed E-state index contributed by atoms with van der Waals surface area (Å²) in [6.07, 6.45) is 5.02. The first-order valence-electron chi connectivity index (χ1n) is 9.04. The number of nitrogens with one attached hydrogen (secondary N) is 1. The van der Waals surface area contributed by atoms with Gasteiger partial charge in [0.05, 0.1) is 11.7 Å². The first-order chi connectivity index (χ1) is 12.4. The number of rotatable bonds is 4. The molecule has 0 radical (unpaired) electrons. The summed E-state index contributed by atoms with van der Waals surface area (Å²) in [7, 11) is 0. The summed E-state index contributed by atoms with van der Waals surface area (Å²) in [5.41, 5.74) is 2.17. The van der Waals surface area contributed by atoms with Crippen molar-refractivity contribution in [2.45, 2.75) is 57.9 Å². The van der Waals surface area contributed by atoms with Gasteiger partial charge in [-0.25, -0.2) is 18.7 Å². The van der Waals surface area contributed by atoms with Crippen molar-refractivity contribution in [1.82, 2.24) is 29.7 Å². The molecule has 8 heteroatoms. The van der Waals surface area contributed by atoms with Crippen LogP contribution < -0.4 is 0 Å². The summed E-state index contributed by atoms with van der Waals surface area (Å²) in [4.78, 5) is 13.2. The van der Waals surface area contributed by atoms with E-state index in [9.17, 15) is 8.78 Å². The van der Waals surface area contributed by atoms with E-state index < -0.39 is 5.92 Å². The predicted octanol–water partition coefficient (Wildman–Crippen LogP) is 4.17. The Labute approximate surface area is 150 Å². The summed E-state index contributed by atoms with van der Waals surface area (Å²) < 4.78 is 30.2. The number of pyridine rings is 1. The van der Waals surface area contributed by atoms with Crippen LogP contribution in [-0.4, -0.2) is 35.6 Å². The molecule has 3 aromatic rings. The highest BCUT2D eigenvalue weighted by Gasteiger charge is 2.38. The second-order valence-corrected chi connectivity index (χ2v) is 7.48. The molecule has 0 amide bonds. The molecule has 0 bridgehead atoms. The summed E-state index contributed by atoms with van der Waals surface area (Å²) in [5.74, 6) is -0.894. The Kier molecular flexibility index (Phi) is 4.20. The van der Waals surface area contributed by atoms with Crippen LogP contribution >= 0.6 is 0 Å². The van der Waals surface area contributed by atoms with Gasteiger partial charge in [-0.05, 0) is 24.8 Å². The summed E-state index contributed by atoms with van der Waals surface area (Å²) >= 11 is 0. The van der Waals surface area contributed by atoms with Gasteiger partial charge in [0.15, 0.2) is 5.82 Å². The molecule has 1 atom stereocenters. The third-order valence-corrected chi connectivity index (χ3v) is 4.86. The average molecular weight is 360 g/mol. The van der Waals surface area contributed by atoms with Crippen LogP contribution in [0.25, 0.3) is 22.6 Å². The van der Waals surface area contributed by atoms with Crippen LogP contribution in [0.15, 0.2) is 18.6 Å². The van der Waals surface area contributed by atoms with Crippen molar-refractivity contribution in [3.05, 3.63) is 24.4 Å². The molecule has 1 saturated carbocycles. The third-order valence-electron chi connectivity index (χ3n) is 4.86. The van der Waals surface area contributed by atoms with Gasteiger partial charge in [-0.2, -0.15) is 5.10 Å². The molecule has 0 spiro atoms. The van der Waals surface area contributed by atoms with Crippen LogP contribution in [0.1, 0.15) is 51.4 Å². The van der Waals surface area contributed by atoms with Gasteiger partial charge < -0.3 is 4.57 Å². The highest BCUT2D eigenvalue weighted by molar-refractivity contribution is 5.79. The van der Waals surface area contributed by atoms with Gasteiger partial charge in [-0.1, -0.05) is 13.8 Å². The number of fused-ring (bicyclic) bond motifs is 1. The molecule has 1 aliphatic carbocycles. The van der Waals surface area contributed by atoms with Crippen molar-refractivity contribution in [2.75, 3.05) is 0 Å². The van der Waals surface area contributed by atoms with E-state index in [0.29, 0.717) is 23.9 Å². The highest BCUT2D eigenvalue weighted by atomic mass is 19.3. The van der Waals surface area contributed by atoms with Gasteiger partial charge in [-0.3, -0.25) is 10.1 Å². The number of hydrogen-bond donors (Lipinski definition) is 1. The highest BCUT2D eigenvalue weighted by Crippen LogP contribution is 2.41. The number of hydrogen-bond acceptors (Lipinski definition) is 4. The molecule has 1 fully saturated rings. The van der Waals surface area contributed by atoms with E-state index in [1.54, 1.807) is 6.20 Å². The first-order valence-corrected chi connectivity index (χ1v) is 9.04. The maximum Gasteiger partial charge on any atom is 0.250 e. The van der Waals surface area contributed by atoms with E-state index in [1.807, 2.05) is 10.6 Å². The van der Waals surface area contributed by atoms with Crippen LogP contribution in [0.2, 0.25) is 0 Å². The first kappa shape index (κ1) is 17.1. The smallest absolute Gasteiger partial charge is 0.250 e. The second kappa shape index (κ2) is 6.41. The minimum atomic E-state index is -2.62. The number of halogens is 2. The molecular weight excluding hydrogens is 338 g/mol. The molecule has 1 N–H and O–H groups in total. The third kappa shape index (κ3) is 3.20. The number of imidazole rings is 1. The lowest BCUT2D eigenvalue weighted by atomic mass is 9.91. The molecule has 4 rings (SSSR count). The zero-order valence-electron chi connectivity index (χ0n) is 14.9. The van der Waals surface area contributed by atoms with Gasteiger partial charge in [0.2, 0.25) is 5.92 Å². The van der Waals surface area contributed by atoms with E-state index in [1.165, 1.54) is 6.33 Å². The van der Waals surface area contributed by atoms with Crippen LogP contribution in [0.5, 0.6) is 0 Å². The summed E-state index contributed by atoms with van der Waals surface area (Å²) in [6.45, 7) is 4.22. The standard InChI is InChI=1S/C18H22F2N6/c1-11(2)6-16-24-14-9-21-13(17-22-10-23-25-17)7-15(14)26(16)12-4-3-5-18(19,20)8-12/h7,9-12H,3-6,8H2,1-2H3,(H,22,23,25)/t12-/m1/s1. The Hall–Kier alpha value is -2.38. The van der Waals surface area contributed by atoms with Gasteiger partial charge in [0.25, 0.3) is 0 Å². The van der Waals surface area contributed by atoms with Gasteiger partial charge >= 0.3 is 0 Å². The fourth-order valence-corrected chi connectivity index (χ4v) is 3.79. The van der Waals surface area contributed by atoms with Crippen LogP contribution in [-0.2, 0) is 6.42 Å². The molecule has 26 heavy (non-hydrogen) atoms. The van der Waals surface area contributed by atoms with E-state index in [0.717, 1.165) is 29.7 Å². The predicted molar refractivity (Wildman–Crippen MR) is 93.9 cm³/mol. The fourth-order valence-electron chi connectivity index (χ4n) is 3.79. The lowest BCUT2D eigenvalue weighted by Crippen LogP contribution is -2.29. The van der Waals surface area contributed by atoms with Crippen molar-refractivity contribution >= 4 is 11.0 Å². The van der Waals surface area contributed by atoms with Crippen LogP contribution in [0.3, 0.4) is 0 Å². The molecule has 3 aromatic heterocycles. The molecule has 0 aromatic carbocycles. The molecular formula is C18H22F2N6. The Balaban J connectivity index is 1.84. The van der Waals surface area contributed by atoms with E-state index >= 15 is 0 Å². The molecule has 0 unspecified atom stereocenters. The molecule has 0 aliphatic heterocycles. The van der Waals surface area contributed by atoms with E-state index in [4.69, 9.17) is 4.98 Å². The maximum atomic E-state index is 14.1. The van der Waals surface area contributed by atoms with Gasteiger partial charge in [0.1, 0.15) is 23.4 Å². The van der Waals surface area contributed by atoms with Crippen LogP contribution in [0, 0.1) is 5.92 Å². The average Bonchev–Trinajstić information content (AvgIpc) is 3.20. The molecule has 138 valence electrons. The zero-order chi connectivity index (χ0) is 18.3. The van der Waals surface area contributed by atoms with Crippen molar-refractivity contribution in [3.8, 4) is 11.5 Å². The number of nitrogens with zero attached hydrogens (tertiary/aromatic N) is 5. The SMILES string of the molecule is CC(C)Cc1nc2cnc(-c3nc[nH]n3)cc2n1[C@@H]1CCCC(F)(F)C1. The van der Waals surface area contributed by atoms with Gasteiger partial charge in [-0.15, -0.1) is 0 Å². The second-order valence-electron chi connectivity index (χ2n) is 7.48. The van der Waals surface area contributed by atoms with Crippen molar-refractivity contribution in [3.63, 3.8) is 0 Å². The Morgan fingerprint density at radius 2 is 2.19 bits per heavy atom. The van der Waals surface area contributed by atoms with Gasteiger partial charge in [0, 0.05) is 25.3 Å².